The topological polar surface area (TPSA) is 20.3 Å². The maximum absolute atomic E-state index is 11.4. The van der Waals surface area contributed by atoms with Crippen molar-refractivity contribution in [3.63, 3.8) is 0 Å². The van der Waals surface area contributed by atoms with Crippen LogP contribution in [-0.4, -0.2) is 23.9 Å². The molecule has 0 N–H and O–H groups in total. The third-order valence-corrected chi connectivity index (χ3v) is 2.74. The SMILES string of the molecule is CC=CC(=O)N1CCC(C)(C)CC1. The summed E-state index contributed by atoms with van der Waals surface area (Å²) in [5, 5.41) is 0. The van der Waals surface area contributed by atoms with Gasteiger partial charge in [-0.05, 0) is 31.3 Å². The van der Waals surface area contributed by atoms with Crippen molar-refractivity contribution in [1.82, 2.24) is 4.90 Å². The Morgan fingerprint density at radius 3 is 2.31 bits per heavy atom. The van der Waals surface area contributed by atoms with Crippen LogP contribution in [0.5, 0.6) is 0 Å². The minimum absolute atomic E-state index is 0.165. The summed E-state index contributed by atoms with van der Waals surface area (Å²) in [6.45, 7) is 8.24. The molecule has 0 aromatic carbocycles. The first-order valence-corrected chi connectivity index (χ1v) is 4.97. The molecule has 0 aliphatic carbocycles. The van der Waals surface area contributed by atoms with Crippen LogP contribution in [-0.2, 0) is 4.79 Å². The van der Waals surface area contributed by atoms with Gasteiger partial charge in [0.1, 0.15) is 0 Å². The fourth-order valence-electron chi connectivity index (χ4n) is 1.58. The second-order valence-corrected chi connectivity index (χ2v) is 4.49. The second kappa shape index (κ2) is 3.95. The quantitative estimate of drug-likeness (QED) is 0.568. The van der Waals surface area contributed by atoms with Gasteiger partial charge in [-0.2, -0.15) is 0 Å². The largest absolute Gasteiger partial charge is 0.339 e. The Hall–Kier alpha value is -0.790. The van der Waals surface area contributed by atoms with Gasteiger partial charge in [-0.15, -0.1) is 0 Å². The Morgan fingerprint density at radius 1 is 1.31 bits per heavy atom. The molecular weight excluding hydrogens is 162 g/mol. The van der Waals surface area contributed by atoms with E-state index in [1.54, 1.807) is 6.08 Å². The number of allylic oxidation sites excluding steroid dienone is 1. The summed E-state index contributed by atoms with van der Waals surface area (Å²) in [4.78, 5) is 13.4. The third kappa shape index (κ3) is 2.87. The van der Waals surface area contributed by atoms with Gasteiger partial charge in [0.05, 0.1) is 0 Å². The van der Waals surface area contributed by atoms with Crippen molar-refractivity contribution in [3.05, 3.63) is 12.2 Å². The van der Waals surface area contributed by atoms with E-state index in [4.69, 9.17) is 0 Å². The average molecular weight is 181 g/mol. The lowest BCUT2D eigenvalue weighted by molar-refractivity contribution is -0.127. The molecule has 0 spiro atoms. The zero-order valence-corrected chi connectivity index (χ0v) is 8.84. The zero-order valence-electron chi connectivity index (χ0n) is 8.84. The molecule has 0 aromatic heterocycles. The molecule has 0 aromatic rings. The van der Waals surface area contributed by atoms with Crippen LogP contribution in [0.3, 0.4) is 0 Å². The van der Waals surface area contributed by atoms with Crippen molar-refractivity contribution in [1.29, 1.82) is 0 Å². The van der Waals surface area contributed by atoms with E-state index in [0.717, 1.165) is 25.9 Å². The van der Waals surface area contributed by atoms with Gasteiger partial charge in [0.15, 0.2) is 0 Å². The maximum Gasteiger partial charge on any atom is 0.246 e. The third-order valence-electron chi connectivity index (χ3n) is 2.74. The summed E-state index contributed by atoms with van der Waals surface area (Å²) >= 11 is 0. The number of piperidine rings is 1. The number of rotatable bonds is 1. The van der Waals surface area contributed by atoms with Crippen LogP contribution < -0.4 is 0 Å². The normalized spacial score (nSPS) is 22.2. The zero-order chi connectivity index (χ0) is 9.90. The van der Waals surface area contributed by atoms with E-state index in [9.17, 15) is 4.79 Å². The molecule has 0 bridgehead atoms. The molecule has 0 saturated carbocycles. The van der Waals surface area contributed by atoms with E-state index in [-0.39, 0.29) is 5.91 Å². The number of hydrogen-bond donors (Lipinski definition) is 0. The molecule has 2 heteroatoms. The van der Waals surface area contributed by atoms with Crippen molar-refractivity contribution in [2.75, 3.05) is 13.1 Å². The van der Waals surface area contributed by atoms with Gasteiger partial charge in [0.2, 0.25) is 5.91 Å². The van der Waals surface area contributed by atoms with Gasteiger partial charge < -0.3 is 4.90 Å². The molecule has 1 aliphatic rings. The summed E-state index contributed by atoms with van der Waals surface area (Å²) in [6, 6.07) is 0. The molecular formula is C11H19NO. The summed E-state index contributed by atoms with van der Waals surface area (Å²) in [5.74, 6) is 0.165. The lowest BCUT2D eigenvalue weighted by Gasteiger charge is -2.36. The molecule has 1 rings (SSSR count). The van der Waals surface area contributed by atoms with Crippen LogP contribution in [0.15, 0.2) is 12.2 Å². The van der Waals surface area contributed by atoms with Gasteiger partial charge in [-0.1, -0.05) is 19.9 Å². The van der Waals surface area contributed by atoms with E-state index in [2.05, 4.69) is 13.8 Å². The smallest absolute Gasteiger partial charge is 0.246 e. The number of nitrogens with zero attached hydrogens (tertiary/aromatic N) is 1. The molecule has 1 amide bonds. The molecule has 1 saturated heterocycles. The lowest BCUT2D eigenvalue weighted by atomic mass is 9.83. The van der Waals surface area contributed by atoms with Crippen LogP contribution in [0.2, 0.25) is 0 Å². The van der Waals surface area contributed by atoms with Gasteiger partial charge in [-0.3, -0.25) is 4.79 Å². The highest BCUT2D eigenvalue weighted by Crippen LogP contribution is 2.29. The fourth-order valence-corrected chi connectivity index (χ4v) is 1.58. The average Bonchev–Trinajstić information content (AvgIpc) is 2.04. The highest BCUT2D eigenvalue weighted by atomic mass is 16.2. The van der Waals surface area contributed by atoms with Gasteiger partial charge in [-0.25, -0.2) is 0 Å². The number of amides is 1. The monoisotopic (exact) mass is 181 g/mol. The molecule has 1 fully saturated rings. The molecule has 0 atom stereocenters. The van der Waals surface area contributed by atoms with Crippen LogP contribution in [0.1, 0.15) is 33.6 Å². The maximum atomic E-state index is 11.4. The van der Waals surface area contributed by atoms with Gasteiger partial charge in [0, 0.05) is 13.1 Å². The molecule has 13 heavy (non-hydrogen) atoms. The van der Waals surface area contributed by atoms with Crippen molar-refractivity contribution in [3.8, 4) is 0 Å². The Kier molecular flexibility index (Phi) is 3.12. The molecule has 0 radical (unpaired) electrons. The van der Waals surface area contributed by atoms with Crippen LogP contribution >= 0.6 is 0 Å². The minimum atomic E-state index is 0.165. The first-order valence-electron chi connectivity index (χ1n) is 4.97. The summed E-state index contributed by atoms with van der Waals surface area (Å²) in [7, 11) is 0. The summed E-state index contributed by atoms with van der Waals surface area (Å²) in [5.41, 5.74) is 0.423. The standard InChI is InChI=1S/C11H19NO/c1-4-5-10(13)12-8-6-11(2,3)7-9-12/h4-5H,6-9H2,1-3H3. The van der Waals surface area contributed by atoms with Crippen molar-refractivity contribution < 1.29 is 4.79 Å². The van der Waals surface area contributed by atoms with Crippen LogP contribution in [0, 0.1) is 5.41 Å². The van der Waals surface area contributed by atoms with E-state index in [0.29, 0.717) is 5.41 Å². The molecule has 1 aliphatic heterocycles. The number of hydrogen-bond acceptors (Lipinski definition) is 1. The number of likely N-dealkylation sites (tertiary alicyclic amines) is 1. The predicted molar refractivity (Wildman–Crippen MR) is 54.4 cm³/mol. The Balaban J connectivity index is 2.45. The highest BCUT2D eigenvalue weighted by Gasteiger charge is 2.26. The van der Waals surface area contributed by atoms with E-state index in [1.165, 1.54) is 0 Å². The van der Waals surface area contributed by atoms with E-state index < -0.39 is 0 Å². The molecule has 0 unspecified atom stereocenters. The highest BCUT2D eigenvalue weighted by molar-refractivity contribution is 5.87. The van der Waals surface area contributed by atoms with Gasteiger partial charge in [0.25, 0.3) is 0 Å². The molecule has 2 nitrogen and oxygen atoms in total. The minimum Gasteiger partial charge on any atom is -0.339 e. The predicted octanol–water partition coefficient (Wildman–Crippen LogP) is 2.21. The van der Waals surface area contributed by atoms with Crippen LogP contribution in [0.25, 0.3) is 0 Å². The van der Waals surface area contributed by atoms with Crippen molar-refractivity contribution >= 4 is 5.91 Å². The Labute approximate surface area is 80.6 Å². The number of carbonyl (C=O) groups is 1. The van der Waals surface area contributed by atoms with Crippen LogP contribution in [0.4, 0.5) is 0 Å². The lowest BCUT2D eigenvalue weighted by Crippen LogP contribution is -2.40. The summed E-state index contributed by atoms with van der Waals surface area (Å²) in [6.07, 6.45) is 5.70. The van der Waals surface area contributed by atoms with E-state index >= 15 is 0 Å². The molecule has 74 valence electrons. The fraction of sp³-hybridized carbons (Fsp3) is 0.727. The van der Waals surface area contributed by atoms with Gasteiger partial charge >= 0.3 is 0 Å². The first kappa shape index (κ1) is 10.3. The van der Waals surface area contributed by atoms with E-state index in [1.807, 2.05) is 17.9 Å². The first-order chi connectivity index (χ1) is 6.05. The molecule has 1 heterocycles. The summed E-state index contributed by atoms with van der Waals surface area (Å²) < 4.78 is 0. The Bertz CT molecular complexity index is 208. The van der Waals surface area contributed by atoms with Crippen molar-refractivity contribution in [2.24, 2.45) is 5.41 Å². The number of carbonyl (C=O) groups excluding carboxylic acids is 1. The van der Waals surface area contributed by atoms with Crippen molar-refractivity contribution in [2.45, 2.75) is 33.6 Å². The Morgan fingerprint density at radius 2 is 1.85 bits per heavy atom. The second-order valence-electron chi connectivity index (χ2n) is 4.49.